The zero-order valence-electron chi connectivity index (χ0n) is 18.9. The van der Waals surface area contributed by atoms with E-state index in [2.05, 4.69) is 70.8 Å². The molecule has 31 heavy (non-hydrogen) atoms. The first-order chi connectivity index (χ1) is 15.2. The number of guanidine groups is 1. The number of rotatable bonds is 9. The molecule has 6 nitrogen and oxygen atoms in total. The molecule has 1 heterocycles. The Morgan fingerprint density at radius 3 is 2.29 bits per heavy atom. The molecule has 1 aliphatic rings. The fourth-order valence-corrected chi connectivity index (χ4v) is 3.76. The van der Waals surface area contributed by atoms with Gasteiger partial charge in [-0.2, -0.15) is 0 Å². The Kier molecular flexibility index (Phi) is 9.34. The van der Waals surface area contributed by atoms with Gasteiger partial charge in [0.05, 0.1) is 13.2 Å². The number of benzene rings is 2. The Morgan fingerprint density at radius 2 is 1.65 bits per heavy atom. The van der Waals surface area contributed by atoms with Crippen molar-refractivity contribution in [2.75, 3.05) is 52.9 Å². The Morgan fingerprint density at radius 1 is 0.968 bits per heavy atom. The zero-order chi connectivity index (χ0) is 21.9. The van der Waals surface area contributed by atoms with E-state index in [4.69, 9.17) is 4.99 Å². The molecule has 1 fully saturated rings. The lowest BCUT2D eigenvalue weighted by atomic mass is 10.0. The average Bonchev–Trinajstić information content (AvgIpc) is 2.81. The van der Waals surface area contributed by atoms with Crippen molar-refractivity contribution >= 4 is 5.96 Å². The van der Waals surface area contributed by atoms with E-state index in [0.717, 1.165) is 50.8 Å². The average molecular weight is 424 g/mol. The van der Waals surface area contributed by atoms with Crippen LogP contribution in [0.4, 0.5) is 0 Å². The first kappa shape index (κ1) is 23.3. The third kappa shape index (κ3) is 7.65. The molecule has 0 amide bonds. The molecule has 2 aromatic carbocycles. The largest absolute Gasteiger partial charge is 0.396 e. The third-order valence-corrected chi connectivity index (χ3v) is 5.80. The van der Waals surface area contributed by atoms with Crippen LogP contribution in [0.15, 0.2) is 59.6 Å². The minimum atomic E-state index is 0.0407. The van der Waals surface area contributed by atoms with Gasteiger partial charge in [0.25, 0.3) is 0 Å². The predicted molar refractivity (Wildman–Crippen MR) is 128 cm³/mol. The van der Waals surface area contributed by atoms with Crippen LogP contribution in [0.2, 0.25) is 0 Å². The predicted octanol–water partition coefficient (Wildman–Crippen LogP) is 2.27. The summed E-state index contributed by atoms with van der Waals surface area (Å²) in [5.41, 5.74) is 3.68. The van der Waals surface area contributed by atoms with Crippen molar-refractivity contribution in [1.29, 1.82) is 0 Å². The molecule has 3 N–H and O–H groups in total. The Balaban J connectivity index is 1.52. The second-order valence-corrected chi connectivity index (χ2v) is 8.26. The summed E-state index contributed by atoms with van der Waals surface area (Å²) in [5, 5.41) is 16.5. The summed E-state index contributed by atoms with van der Waals surface area (Å²) >= 11 is 0. The second-order valence-electron chi connectivity index (χ2n) is 8.26. The summed E-state index contributed by atoms with van der Waals surface area (Å²) in [6.07, 6.45) is 0. The minimum absolute atomic E-state index is 0.0407. The number of aliphatic hydroxyl groups excluding tert-OH is 1. The van der Waals surface area contributed by atoms with Gasteiger partial charge in [-0.1, -0.05) is 54.6 Å². The van der Waals surface area contributed by atoms with Crippen molar-refractivity contribution in [2.24, 2.45) is 4.99 Å². The molecule has 1 atom stereocenters. The van der Waals surface area contributed by atoms with Crippen LogP contribution in [-0.2, 0) is 13.1 Å². The summed E-state index contributed by atoms with van der Waals surface area (Å²) in [7, 11) is 2.19. The zero-order valence-corrected chi connectivity index (χ0v) is 18.9. The van der Waals surface area contributed by atoms with E-state index < -0.39 is 0 Å². The Hall–Kier alpha value is -2.41. The maximum atomic E-state index is 9.78. The summed E-state index contributed by atoms with van der Waals surface area (Å²) < 4.78 is 0. The second kappa shape index (κ2) is 12.4. The van der Waals surface area contributed by atoms with Gasteiger partial charge in [-0.25, -0.2) is 4.99 Å². The molecule has 1 saturated heterocycles. The van der Waals surface area contributed by atoms with E-state index in [1.54, 1.807) is 0 Å². The standard InChI is InChI=1S/C25H37N5O/c1-3-26-25(28-18-24(20-31)23-7-5-4-6-8-23)27-17-21-9-11-22(12-10-21)19-30-15-13-29(2)14-16-30/h4-12,24,31H,3,13-20H2,1-2H3,(H2,26,27,28). The van der Waals surface area contributed by atoms with Crippen LogP contribution in [0.25, 0.3) is 0 Å². The molecule has 0 saturated carbocycles. The molecule has 2 aromatic rings. The van der Waals surface area contributed by atoms with E-state index in [-0.39, 0.29) is 12.5 Å². The molecule has 6 heteroatoms. The number of hydrogen-bond acceptors (Lipinski definition) is 4. The van der Waals surface area contributed by atoms with Gasteiger partial charge in [-0.15, -0.1) is 0 Å². The van der Waals surface area contributed by atoms with Crippen LogP contribution in [0.3, 0.4) is 0 Å². The maximum absolute atomic E-state index is 9.78. The summed E-state index contributed by atoms with van der Waals surface area (Å²) in [6, 6.07) is 18.9. The van der Waals surface area contributed by atoms with Crippen LogP contribution < -0.4 is 10.6 Å². The number of nitrogens with zero attached hydrogens (tertiary/aromatic N) is 3. The smallest absolute Gasteiger partial charge is 0.191 e. The van der Waals surface area contributed by atoms with Crippen molar-refractivity contribution in [3.8, 4) is 0 Å². The third-order valence-electron chi connectivity index (χ3n) is 5.80. The highest BCUT2D eigenvalue weighted by Gasteiger charge is 2.14. The number of aliphatic hydroxyl groups is 1. The van der Waals surface area contributed by atoms with Gasteiger partial charge in [0, 0.05) is 51.7 Å². The molecule has 1 aliphatic heterocycles. The molecule has 0 aliphatic carbocycles. The Bertz CT molecular complexity index is 785. The molecule has 0 bridgehead atoms. The van der Waals surface area contributed by atoms with E-state index in [9.17, 15) is 5.11 Å². The summed E-state index contributed by atoms with van der Waals surface area (Å²) in [4.78, 5) is 9.64. The SMILES string of the molecule is CCNC(=NCc1ccc(CN2CCN(C)CC2)cc1)NCC(CO)c1ccccc1. The van der Waals surface area contributed by atoms with E-state index >= 15 is 0 Å². The molecule has 3 rings (SSSR count). The van der Waals surface area contributed by atoms with Gasteiger partial charge in [0.15, 0.2) is 5.96 Å². The van der Waals surface area contributed by atoms with E-state index in [1.165, 1.54) is 11.1 Å². The molecular weight excluding hydrogens is 386 g/mol. The van der Waals surface area contributed by atoms with Crippen LogP contribution in [0, 0.1) is 0 Å². The summed E-state index contributed by atoms with van der Waals surface area (Å²) in [6.45, 7) is 9.80. The lowest BCUT2D eigenvalue weighted by Crippen LogP contribution is -2.43. The topological polar surface area (TPSA) is 63.1 Å². The van der Waals surface area contributed by atoms with Gasteiger partial charge in [-0.3, -0.25) is 4.90 Å². The van der Waals surface area contributed by atoms with Crippen LogP contribution in [0.1, 0.15) is 29.5 Å². The minimum Gasteiger partial charge on any atom is -0.396 e. The van der Waals surface area contributed by atoms with Crippen molar-refractivity contribution < 1.29 is 5.11 Å². The lowest BCUT2D eigenvalue weighted by molar-refractivity contribution is 0.148. The molecular formula is C25H37N5O. The molecule has 168 valence electrons. The molecule has 1 unspecified atom stereocenters. The number of hydrogen-bond donors (Lipinski definition) is 3. The number of nitrogens with one attached hydrogen (secondary N) is 2. The van der Waals surface area contributed by atoms with Crippen molar-refractivity contribution in [2.45, 2.75) is 25.9 Å². The van der Waals surface area contributed by atoms with Gasteiger partial charge >= 0.3 is 0 Å². The van der Waals surface area contributed by atoms with Crippen molar-refractivity contribution in [3.63, 3.8) is 0 Å². The number of aliphatic imine (C=N–C) groups is 1. The fourth-order valence-electron chi connectivity index (χ4n) is 3.76. The van der Waals surface area contributed by atoms with Crippen molar-refractivity contribution in [1.82, 2.24) is 20.4 Å². The van der Waals surface area contributed by atoms with Crippen molar-refractivity contribution in [3.05, 3.63) is 71.3 Å². The van der Waals surface area contributed by atoms with Gasteiger partial charge < -0.3 is 20.6 Å². The lowest BCUT2D eigenvalue weighted by Gasteiger charge is -2.32. The van der Waals surface area contributed by atoms with E-state index in [1.807, 2.05) is 18.2 Å². The van der Waals surface area contributed by atoms with Crippen LogP contribution in [0.5, 0.6) is 0 Å². The van der Waals surface area contributed by atoms with Gasteiger partial charge in [-0.05, 0) is 30.7 Å². The normalized spacial score (nSPS) is 16.8. The highest BCUT2D eigenvalue weighted by molar-refractivity contribution is 5.79. The molecule has 0 radical (unpaired) electrons. The fraction of sp³-hybridized carbons (Fsp3) is 0.480. The Labute approximate surface area is 187 Å². The monoisotopic (exact) mass is 423 g/mol. The highest BCUT2D eigenvalue weighted by Crippen LogP contribution is 2.14. The highest BCUT2D eigenvalue weighted by atomic mass is 16.3. The van der Waals surface area contributed by atoms with Gasteiger partial charge in [0.2, 0.25) is 0 Å². The van der Waals surface area contributed by atoms with Crippen LogP contribution in [-0.4, -0.2) is 73.8 Å². The molecule has 0 aromatic heterocycles. The summed E-state index contributed by atoms with van der Waals surface area (Å²) in [5.74, 6) is 0.817. The van der Waals surface area contributed by atoms with E-state index in [0.29, 0.717) is 13.1 Å². The maximum Gasteiger partial charge on any atom is 0.191 e. The van der Waals surface area contributed by atoms with Gasteiger partial charge in [0.1, 0.15) is 0 Å². The first-order valence-corrected chi connectivity index (χ1v) is 11.3. The number of likely N-dealkylation sites (N-methyl/N-ethyl adjacent to an activating group) is 1. The van der Waals surface area contributed by atoms with Crippen LogP contribution >= 0.6 is 0 Å². The first-order valence-electron chi connectivity index (χ1n) is 11.3. The number of piperazine rings is 1. The molecule has 0 spiro atoms. The quantitative estimate of drug-likeness (QED) is 0.427.